The van der Waals surface area contributed by atoms with Crippen LogP contribution in [0.1, 0.15) is 19.3 Å². The number of halogens is 1. The van der Waals surface area contributed by atoms with Crippen LogP contribution in [-0.4, -0.2) is 18.1 Å². The molecule has 3 nitrogen and oxygen atoms in total. The molecule has 2 aliphatic rings. The third kappa shape index (κ3) is 1.87. The zero-order chi connectivity index (χ0) is 13.0. The number of nitrogen functional groups attached to an aromatic ring is 1. The Bertz CT molecular complexity index is 622. The lowest BCUT2D eigenvalue weighted by Gasteiger charge is -2.56. The van der Waals surface area contributed by atoms with Gasteiger partial charge in [0.2, 0.25) is 0 Å². The first-order valence-electron chi connectivity index (χ1n) is 6.41. The molecular weight excluding hydrogens is 298 g/mol. The fourth-order valence-corrected chi connectivity index (χ4v) is 5.01. The summed E-state index contributed by atoms with van der Waals surface area (Å²) in [6, 6.07) is 1.98. The predicted molar refractivity (Wildman–Crippen MR) is 83.3 cm³/mol. The van der Waals surface area contributed by atoms with Gasteiger partial charge in [-0.05, 0) is 18.9 Å². The summed E-state index contributed by atoms with van der Waals surface area (Å²) < 4.78 is 0. The molecule has 1 saturated carbocycles. The van der Waals surface area contributed by atoms with E-state index in [1.54, 1.807) is 22.7 Å². The summed E-state index contributed by atoms with van der Waals surface area (Å²) in [5.74, 6) is 0. The Hall–Kier alpha value is -0.780. The minimum Gasteiger partial charge on any atom is -0.375 e. The topological polar surface area (TPSA) is 42.1 Å². The van der Waals surface area contributed by atoms with Gasteiger partial charge in [-0.2, -0.15) is 0 Å². The molecule has 2 fully saturated rings. The maximum absolute atomic E-state index is 6.01. The molecule has 0 atom stereocenters. The lowest BCUT2D eigenvalue weighted by molar-refractivity contribution is 0.0911. The van der Waals surface area contributed by atoms with Gasteiger partial charge in [0.1, 0.15) is 10.7 Å². The number of thiophene rings is 1. The molecule has 100 valence electrons. The molecule has 6 heteroatoms. The summed E-state index contributed by atoms with van der Waals surface area (Å²) in [6.07, 6.45) is 4.17. The van der Waals surface area contributed by atoms with E-state index >= 15 is 0 Å². The molecule has 1 aliphatic heterocycles. The first-order chi connectivity index (χ1) is 9.15. The molecular formula is C13H14ClN3S2. The normalized spacial score (nSPS) is 20.4. The van der Waals surface area contributed by atoms with Gasteiger partial charge in [0.15, 0.2) is 5.13 Å². The molecule has 0 bridgehead atoms. The number of nitrogens with zero attached hydrogens (tertiary/aromatic N) is 2. The van der Waals surface area contributed by atoms with Crippen LogP contribution in [0.25, 0.3) is 10.6 Å². The van der Waals surface area contributed by atoms with Crippen molar-refractivity contribution in [1.29, 1.82) is 0 Å². The minimum atomic E-state index is 0.614. The fourth-order valence-electron chi connectivity index (χ4n) is 3.04. The monoisotopic (exact) mass is 311 g/mol. The minimum absolute atomic E-state index is 0.614. The van der Waals surface area contributed by atoms with E-state index in [0.717, 1.165) is 15.6 Å². The Labute approximate surface area is 125 Å². The summed E-state index contributed by atoms with van der Waals surface area (Å²) >= 11 is 9.24. The largest absolute Gasteiger partial charge is 0.375 e. The van der Waals surface area contributed by atoms with Crippen molar-refractivity contribution >= 4 is 44.4 Å². The molecule has 0 aromatic carbocycles. The highest BCUT2D eigenvalue weighted by Crippen LogP contribution is 2.52. The van der Waals surface area contributed by atoms with Crippen LogP contribution in [0.2, 0.25) is 5.02 Å². The maximum atomic E-state index is 6.01. The van der Waals surface area contributed by atoms with Crippen LogP contribution >= 0.6 is 34.3 Å². The molecule has 2 N–H and O–H groups in total. The number of hydrogen-bond donors (Lipinski definition) is 1. The summed E-state index contributed by atoms with van der Waals surface area (Å²) in [6.45, 7) is 2.33. The van der Waals surface area contributed by atoms with Gasteiger partial charge in [-0.25, -0.2) is 4.98 Å². The smallest absolute Gasteiger partial charge is 0.182 e. The van der Waals surface area contributed by atoms with E-state index in [0.29, 0.717) is 10.5 Å². The Morgan fingerprint density at radius 3 is 2.74 bits per heavy atom. The van der Waals surface area contributed by atoms with Crippen LogP contribution in [0.4, 0.5) is 10.1 Å². The summed E-state index contributed by atoms with van der Waals surface area (Å²) in [4.78, 5) is 8.04. The van der Waals surface area contributed by atoms with Crippen molar-refractivity contribution in [2.24, 2.45) is 5.41 Å². The third-order valence-corrected chi connectivity index (χ3v) is 6.41. The SMILES string of the molecule is Nc1nc(-c2cc(Cl)cs2)c(N2CC3(CCC3)C2)s1. The first-order valence-corrected chi connectivity index (χ1v) is 8.48. The van der Waals surface area contributed by atoms with Gasteiger partial charge >= 0.3 is 0 Å². The summed E-state index contributed by atoms with van der Waals surface area (Å²) in [5, 5.41) is 4.58. The molecule has 0 amide bonds. The molecule has 0 radical (unpaired) electrons. The molecule has 1 aliphatic carbocycles. The molecule has 4 rings (SSSR count). The molecule has 19 heavy (non-hydrogen) atoms. The number of thiazole rings is 1. The Morgan fingerprint density at radius 2 is 2.16 bits per heavy atom. The Kier molecular flexibility index (Phi) is 2.59. The standard InChI is InChI=1S/C13H14ClN3S2/c14-8-4-9(18-5-8)10-11(19-12(15)16-10)17-6-13(7-17)2-1-3-13/h4-5H,1-3,6-7H2,(H2,15,16). The number of rotatable bonds is 2. The highest BCUT2D eigenvalue weighted by molar-refractivity contribution is 7.20. The second-order valence-electron chi connectivity index (χ2n) is 5.54. The van der Waals surface area contributed by atoms with E-state index < -0.39 is 0 Å². The zero-order valence-electron chi connectivity index (χ0n) is 10.4. The number of anilines is 2. The van der Waals surface area contributed by atoms with Crippen LogP contribution in [-0.2, 0) is 0 Å². The quantitative estimate of drug-likeness (QED) is 0.908. The van der Waals surface area contributed by atoms with Gasteiger partial charge in [-0.3, -0.25) is 0 Å². The Morgan fingerprint density at radius 1 is 1.37 bits per heavy atom. The van der Waals surface area contributed by atoms with Crippen LogP contribution < -0.4 is 10.6 Å². The molecule has 1 saturated heterocycles. The molecule has 2 aromatic heterocycles. The average Bonchev–Trinajstić information content (AvgIpc) is 2.81. The number of nitrogens with two attached hydrogens (primary N) is 1. The number of aromatic nitrogens is 1. The van der Waals surface area contributed by atoms with Crippen molar-refractivity contribution in [3.63, 3.8) is 0 Å². The van der Waals surface area contributed by atoms with Gasteiger partial charge < -0.3 is 10.6 Å². The highest BCUT2D eigenvalue weighted by atomic mass is 35.5. The van der Waals surface area contributed by atoms with Crippen molar-refractivity contribution in [2.75, 3.05) is 23.7 Å². The van der Waals surface area contributed by atoms with E-state index in [1.807, 2.05) is 11.4 Å². The lowest BCUT2D eigenvalue weighted by atomic mass is 9.64. The van der Waals surface area contributed by atoms with E-state index in [4.69, 9.17) is 17.3 Å². The van der Waals surface area contributed by atoms with E-state index in [2.05, 4.69) is 9.88 Å². The maximum Gasteiger partial charge on any atom is 0.182 e. The zero-order valence-corrected chi connectivity index (χ0v) is 12.7. The second kappa shape index (κ2) is 4.11. The van der Waals surface area contributed by atoms with Crippen molar-refractivity contribution in [3.05, 3.63) is 16.5 Å². The summed E-state index contributed by atoms with van der Waals surface area (Å²) in [7, 11) is 0. The van der Waals surface area contributed by atoms with Gasteiger partial charge in [0.25, 0.3) is 0 Å². The second-order valence-corrected chi connectivity index (χ2v) is 7.90. The molecule has 2 aromatic rings. The van der Waals surface area contributed by atoms with E-state index in [9.17, 15) is 0 Å². The number of hydrogen-bond acceptors (Lipinski definition) is 5. The van der Waals surface area contributed by atoms with Crippen LogP contribution in [0.15, 0.2) is 11.4 Å². The van der Waals surface area contributed by atoms with Gasteiger partial charge in [-0.1, -0.05) is 29.4 Å². The van der Waals surface area contributed by atoms with Crippen LogP contribution in [0.3, 0.4) is 0 Å². The van der Waals surface area contributed by atoms with Crippen molar-refractivity contribution in [2.45, 2.75) is 19.3 Å². The lowest BCUT2D eigenvalue weighted by Crippen LogP contribution is -2.59. The Balaban J connectivity index is 1.65. The van der Waals surface area contributed by atoms with Crippen LogP contribution in [0, 0.1) is 5.41 Å². The van der Waals surface area contributed by atoms with E-state index in [-0.39, 0.29) is 0 Å². The van der Waals surface area contributed by atoms with Gasteiger partial charge in [-0.15, -0.1) is 11.3 Å². The van der Waals surface area contributed by atoms with Crippen molar-refractivity contribution < 1.29 is 0 Å². The molecule has 0 unspecified atom stereocenters. The van der Waals surface area contributed by atoms with Gasteiger partial charge in [0.05, 0.1) is 9.90 Å². The fraction of sp³-hybridized carbons (Fsp3) is 0.462. The van der Waals surface area contributed by atoms with Crippen LogP contribution in [0.5, 0.6) is 0 Å². The van der Waals surface area contributed by atoms with Crippen molar-refractivity contribution in [1.82, 2.24) is 4.98 Å². The predicted octanol–water partition coefficient (Wildman–Crippen LogP) is 4.10. The third-order valence-electron chi connectivity index (χ3n) is 4.18. The van der Waals surface area contributed by atoms with E-state index in [1.165, 1.54) is 37.4 Å². The van der Waals surface area contributed by atoms with Gasteiger partial charge in [0, 0.05) is 23.9 Å². The average molecular weight is 312 g/mol. The molecule has 3 heterocycles. The highest BCUT2D eigenvalue weighted by Gasteiger charge is 2.48. The summed E-state index contributed by atoms with van der Waals surface area (Å²) in [5.41, 5.74) is 7.53. The van der Waals surface area contributed by atoms with Crippen molar-refractivity contribution in [3.8, 4) is 10.6 Å². The molecule has 1 spiro atoms. The first kappa shape index (κ1) is 12.0.